The summed E-state index contributed by atoms with van der Waals surface area (Å²) in [7, 11) is 1.80. The molecule has 102 valence electrons. The van der Waals surface area contributed by atoms with E-state index in [0.29, 0.717) is 23.4 Å². The molecule has 1 unspecified atom stereocenters. The Morgan fingerprint density at radius 2 is 2.26 bits per heavy atom. The number of nitrogens with zero attached hydrogens (tertiary/aromatic N) is 3. The lowest BCUT2D eigenvalue weighted by atomic mass is 10.0. The molecule has 2 rings (SSSR count). The van der Waals surface area contributed by atoms with Gasteiger partial charge in [-0.15, -0.1) is 0 Å². The fraction of sp³-hybridized carbons (Fsp3) is 0.333. The predicted molar refractivity (Wildman–Crippen MR) is 70.9 cm³/mol. The fourth-order valence-electron chi connectivity index (χ4n) is 1.89. The van der Waals surface area contributed by atoms with E-state index < -0.39 is 0 Å². The van der Waals surface area contributed by atoms with E-state index in [-0.39, 0.29) is 11.9 Å². The molecule has 1 aromatic heterocycles. The molecule has 0 spiro atoms. The molecule has 0 saturated carbocycles. The highest BCUT2D eigenvalue weighted by molar-refractivity contribution is 6.31. The zero-order valence-electron chi connectivity index (χ0n) is 10.5. The van der Waals surface area contributed by atoms with E-state index in [1.165, 1.54) is 12.4 Å². The maximum absolute atomic E-state index is 13.7. The Balaban J connectivity index is 2.13. The third-order valence-electron chi connectivity index (χ3n) is 2.98. The Kier molecular flexibility index (Phi) is 4.47. The highest BCUT2D eigenvalue weighted by atomic mass is 35.5. The van der Waals surface area contributed by atoms with Crippen molar-refractivity contribution in [2.45, 2.75) is 18.9 Å². The summed E-state index contributed by atoms with van der Waals surface area (Å²) in [4.78, 5) is 4.12. The van der Waals surface area contributed by atoms with Crippen molar-refractivity contribution < 1.29 is 4.39 Å². The predicted octanol–water partition coefficient (Wildman–Crippen LogP) is 1.22. The van der Waals surface area contributed by atoms with Gasteiger partial charge in [-0.25, -0.2) is 9.37 Å². The zero-order chi connectivity index (χ0) is 13.8. The van der Waals surface area contributed by atoms with Gasteiger partial charge >= 0.3 is 0 Å². The van der Waals surface area contributed by atoms with Crippen LogP contribution >= 0.6 is 11.6 Å². The highest BCUT2D eigenvalue weighted by Crippen LogP contribution is 2.21. The van der Waals surface area contributed by atoms with Crippen molar-refractivity contribution in [2.24, 2.45) is 12.9 Å². The van der Waals surface area contributed by atoms with E-state index in [1.807, 2.05) is 0 Å². The van der Waals surface area contributed by atoms with E-state index in [2.05, 4.69) is 15.5 Å². The lowest BCUT2D eigenvalue weighted by Gasteiger charge is -2.16. The summed E-state index contributed by atoms with van der Waals surface area (Å²) < 4.78 is 15.4. The van der Waals surface area contributed by atoms with Crippen molar-refractivity contribution in [3.05, 3.63) is 46.8 Å². The first kappa shape index (κ1) is 13.9. The quantitative estimate of drug-likeness (QED) is 0.640. The van der Waals surface area contributed by atoms with Crippen molar-refractivity contribution in [1.29, 1.82) is 0 Å². The number of aromatic nitrogens is 3. The fourth-order valence-corrected chi connectivity index (χ4v) is 2.13. The Morgan fingerprint density at radius 1 is 1.47 bits per heavy atom. The van der Waals surface area contributed by atoms with Crippen LogP contribution in [0.2, 0.25) is 5.02 Å². The van der Waals surface area contributed by atoms with E-state index >= 15 is 0 Å². The number of benzene rings is 1. The van der Waals surface area contributed by atoms with Crippen LogP contribution in [-0.2, 0) is 19.9 Å². The van der Waals surface area contributed by atoms with Gasteiger partial charge in [0.15, 0.2) is 0 Å². The lowest BCUT2D eigenvalue weighted by Crippen LogP contribution is -2.39. The van der Waals surface area contributed by atoms with Gasteiger partial charge in [-0.1, -0.05) is 17.7 Å². The van der Waals surface area contributed by atoms with Gasteiger partial charge in [-0.3, -0.25) is 16.0 Å². The van der Waals surface area contributed by atoms with Crippen LogP contribution in [0.4, 0.5) is 4.39 Å². The minimum atomic E-state index is -0.328. The number of halogens is 2. The number of hydrogen-bond donors (Lipinski definition) is 2. The van der Waals surface area contributed by atoms with Gasteiger partial charge < -0.3 is 0 Å². The van der Waals surface area contributed by atoms with Crippen LogP contribution in [0.25, 0.3) is 0 Å². The second-order valence-electron chi connectivity index (χ2n) is 4.27. The molecular weight excluding hydrogens is 269 g/mol. The minimum Gasteiger partial charge on any atom is -0.271 e. The monoisotopic (exact) mass is 283 g/mol. The molecule has 0 aliphatic rings. The van der Waals surface area contributed by atoms with E-state index in [4.69, 9.17) is 17.4 Å². The van der Waals surface area contributed by atoms with Gasteiger partial charge in [0.05, 0.1) is 0 Å². The molecule has 7 heteroatoms. The summed E-state index contributed by atoms with van der Waals surface area (Å²) in [5, 5.41) is 4.38. The van der Waals surface area contributed by atoms with Crippen molar-refractivity contribution in [3.63, 3.8) is 0 Å². The van der Waals surface area contributed by atoms with Crippen LogP contribution in [0, 0.1) is 5.82 Å². The summed E-state index contributed by atoms with van der Waals surface area (Å²) in [6, 6.07) is 4.46. The maximum atomic E-state index is 13.7. The van der Waals surface area contributed by atoms with Gasteiger partial charge in [0, 0.05) is 30.1 Å². The minimum absolute atomic E-state index is 0.169. The summed E-state index contributed by atoms with van der Waals surface area (Å²) >= 11 is 6.00. The summed E-state index contributed by atoms with van der Waals surface area (Å²) in [5.41, 5.74) is 3.12. The smallest absolute Gasteiger partial charge is 0.138 e. The first-order valence-corrected chi connectivity index (χ1v) is 6.21. The third kappa shape index (κ3) is 3.28. The van der Waals surface area contributed by atoms with Gasteiger partial charge in [0.1, 0.15) is 18.0 Å². The summed E-state index contributed by atoms with van der Waals surface area (Å²) in [5.74, 6) is 5.96. The average Bonchev–Trinajstić information content (AvgIpc) is 2.78. The number of hydrogen-bond acceptors (Lipinski definition) is 4. The van der Waals surface area contributed by atoms with E-state index in [1.54, 1.807) is 23.9 Å². The molecule has 1 aromatic carbocycles. The topological polar surface area (TPSA) is 68.8 Å². The number of hydrazine groups is 1. The highest BCUT2D eigenvalue weighted by Gasteiger charge is 2.16. The van der Waals surface area contributed by atoms with Crippen LogP contribution in [-0.4, -0.2) is 20.8 Å². The summed E-state index contributed by atoms with van der Waals surface area (Å²) in [6.07, 6.45) is 2.39. The molecule has 0 saturated heterocycles. The molecule has 0 aliphatic heterocycles. The number of rotatable bonds is 5. The molecule has 3 N–H and O–H groups in total. The molecule has 0 fully saturated rings. The molecule has 0 bridgehead atoms. The molecule has 19 heavy (non-hydrogen) atoms. The molecule has 0 aliphatic carbocycles. The Hall–Kier alpha value is -1.50. The van der Waals surface area contributed by atoms with Crippen molar-refractivity contribution in [1.82, 2.24) is 20.2 Å². The normalized spacial score (nSPS) is 12.6. The largest absolute Gasteiger partial charge is 0.271 e. The SMILES string of the molecule is Cn1ncnc1CC(Cc1c(F)cccc1Cl)NN. The third-order valence-corrected chi connectivity index (χ3v) is 3.34. The van der Waals surface area contributed by atoms with Gasteiger partial charge in [0.25, 0.3) is 0 Å². The molecule has 0 radical (unpaired) electrons. The average molecular weight is 284 g/mol. The van der Waals surface area contributed by atoms with Crippen molar-refractivity contribution >= 4 is 11.6 Å². The van der Waals surface area contributed by atoms with Crippen LogP contribution in [0.3, 0.4) is 0 Å². The van der Waals surface area contributed by atoms with Crippen LogP contribution < -0.4 is 11.3 Å². The maximum Gasteiger partial charge on any atom is 0.138 e. The van der Waals surface area contributed by atoms with Crippen LogP contribution in [0.5, 0.6) is 0 Å². The zero-order valence-corrected chi connectivity index (χ0v) is 11.2. The molecule has 2 aromatic rings. The Labute approximate surface area is 115 Å². The first-order valence-electron chi connectivity index (χ1n) is 5.83. The molecule has 0 amide bonds. The second kappa shape index (κ2) is 6.10. The van der Waals surface area contributed by atoms with Gasteiger partial charge in [-0.05, 0) is 18.6 Å². The lowest BCUT2D eigenvalue weighted by molar-refractivity contribution is 0.488. The number of aryl methyl sites for hydroxylation is 1. The first-order chi connectivity index (χ1) is 9.11. The molecule has 1 heterocycles. The Bertz CT molecular complexity index is 537. The van der Waals surface area contributed by atoms with Gasteiger partial charge in [-0.2, -0.15) is 5.10 Å². The molecule has 5 nitrogen and oxygen atoms in total. The van der Waals surface area contributed by atoms with Crippen LogP contribution in [0.15, 0.2) is 24.5 Å². The van der Waals surface area contributed by atoms with E-state index in [9.17, 15) is 4.39 Å². The van der Waals surface area contributed by atoms with Crippen molar-refractivity contribution in [3.8, 4) is 0 Å². The Morgan fingerprint density at radius 3 is 2.84 bits per heavy atom. The number of nitrogens with one attached hydrogen (secondary N) is 1. The second-order valence-corrected chi connectivity index (χ2v) is 4.68. The number of nitrogens with two attached hydrogens (primary N) is 1. The molecule has 1 atom stereocenters. The summed E-state index contributed by atoms with van der Waals surface area (Å²) in [6.45, 7) is 0. The van der Waals surface area contributed by atoms with Crippen molar-refractivity contribution in [2.75, 3.05) is 0 Å². The van der Waals surface area contributed by atoms with Crippen LogP contribution in [0.1, 0.15) is 11.4 Å². The van der Waals surface area contributed by atoms with E-state index in [0.717, 1.165) is 5.82 Å². The molecular formula is C12H15ClFN5. The standard InChI is InChI=1S/C12H15ClFN5/c1-19-12(16-7-17-19)6-8(18-15)5-9-10(13)3-2-4-11(9)14/h2-4,7-8,18H,5-6,15H2,1H3. The van der Waals surface area contributed by atoms with Gasteiger partial charge in [0.2, 0.25) is 0 Å².